The lowest BCUT2D eigenvalue weighted by molar-refractivity contribution is -0.123. The highest BCUT2D eigenvalue weighted by molar-refractivity contribution is 9.12. The van der Waals surface area contributed by atoms with Gasteiger partial charge in [0, 0.05) is 56.0 Å². The van der Waals surface area contributed by atoms with Gasteiger partial charge in [-0.25, -0.2) is 0 Å². The summed E-state index contributed by atoms with van der Waals surface area (Å²) in [5.41, 5.74) is 9.40. The van der Waals surface area contributed by atoms with Crippen LogP contribution in [0.2, 0.25) is 0 Å². The molecule has 3 N–H and O–H groups in total. The summed E-state index contributed by atoms with van der Waals surface area (Å²) in [6.45, 7) is 4.81. The topological polar surface area (TPSA) is 78.7 Å². The van der Waals surface area contributed by atoms with Crippen LogP contribution in [0.4, 0.5) is 5.69 Å². The van der Waals surface area contributed by atoms with Crippen LogP contribution in [-0.2, 0) is 11.3 Å². The minimum Gasteiger partial charge on any atom is -0.399 e. The van der Waals surface area contributed by atoms with Gasteiger partial charge in [-0.05, 0) is 49.6 Å². The Morgan fingerprint density at radius 2 is 1.73 bits per heavy atom. The summed E-state index contributed by atoms with van der Waals surface area (Å²) < 4.78 is 1.74. The van der Waals surface area contributed by atoms with E-state index >= 15 is 0 Å². The first kappa shape index (κ1) is 23.7. The summed E-state index contributed by atoms with van der Waals surface area (Å²) in [6.07, 6.45) is 0.330. The summed E-state index contributed by atoms with van der Waals surface area (Å²) in [6, 6.07) is 7.74. The van der Waals surface area contributed by atoms with Crippen LogP contribution in [0.3, 0.4) is 0 Å². The number of carbonyl (C=O) groups excluding carboxylic acids is 2. The molecule has 162 valence electrons. The van der Waals surface area contributed by atoms with Crippen LogP contribution in [0.25, 0.3) is 0 Å². The molecule has 1 fully saturated rings. The van der Waals surface area contributed by atoms with Gasteiger partial charge in [-0.2, -0.15) is 0 Å². The number of hydrogen-bond acceptors (Lipinski definition) is 6. The van der Waals surface area contributed by atoms with Gasteiger partial charge in [-0.15, -0.1) is 23.7 Å². The molecule has 1 aromatic carbocycles. The van der Waals surface area contributed by atoms with Crippen LogP contribution in [0.1, 0.15) is 33.9 Å². The molecule has 1 unspecified atom stereocenters. The van der Waals surface area contributed by atoms with E-state index in [1.807, 2.05) is 12.1 Å². The van der Waals surface area contributed by atoms with Crippen LogP contribution in [0.5, 0.6) is 0 Å². The Hall–Kier alpha value is -0.970. The fourth-order valence-electron chi connectivity index (χ4n) is 3.90. The highest BCUT2D eigenvalue weighted by Gasteiger charge is 2.36. The van der Waals surface area contributed by atoms with Gasteiger partial charge in [-0.3, -0.25) is 19.4 Å². The fraction of sp³-hybridized carbons (Fsp3) is 0.400. The lowest BCUT2D eigenvalue weighted by Crippen LogP contribution is -2.49. The molecule has 0 spiro atoms. The first-order chi connectivity index (χ1) is 13.9. The van der Waals surface area contributed by atoms with Crippen molar-refractivity contribution < 1.29 is 9.59 Å². The van der Waals surface area contributed by atoms with E-state index in [1.54, 1.807) is 0 Å². The van der Waals surface area contributed by atoms with E-state index in [9.17, 15) is 9.59 Å². The van der Waals surface area contributed by atoms with Crippen molar-refractivity contribution in [3.63, 3.8) is 0 Å². The molecule has 2 aliphatic rings. The number of fused-ring (bicyclic) bond motifs is 1. The summed E-state index contributed by atoms with van der Waals surface area (Å²) in [7, 11) is 0. The smallest absolute Gasteiger partial charge is 0.234 e. The van der Waals surface area contributed by atoms with E-state index in [0.29, 0.717) is 18.5 Å². The number of halogens is 3. The number of carbonyl (C=O) groups is 2. The van der Waals surface area contributed by atoms with Crippen molar-refractivity contribution in [2.75, 3.05) is 38.5 Å². The maximum atomic E-state index is 12.6. The van der Waals surface area contributed by atoms with Crippen molar-refractivity contribution in [3.8, 4) is 0 Å². The first-order valence-electron chi connectivity index (χ1n) is 9.50. The van der Waals surface area contributed by atoms with E-state index < -0.39 is 0 Å². The fourth-order valence-corrected chi connectivity index (χ4v) is 7.27. The highest BCUT2D eigenvalue weighted by Crippen LogP contribution is 2.46. The van der Waals surface area contributed by atoms with Gasteiger partial charge >= 0.3 is 0 Å². The standard InChI is InChI=1S/C20H22Br2N4O2S.ClH/c21-19-17-14(9-15(27)18(17)20(22)29-19)24-16(28)11-26-7-5-25(6-8-26)10-12-1-3-13(23)4-2-12;/h1-4,14H,5-11,23H2,(H,24,28);1H. The average molecular weight is 579 g/mol. The zero-order chi connectivity index (χ0) is 20.5. The van der Waals surface area contributed by atoms with Crippen molar-refractivity contribution >= 4 is 73.0 Å². The molecule has 4 rings (SSSR count). The lowest BCUT2D eigenvalue weighted by atomic mass is 10.1. The Balaban J connectivity index is 0.00000256. The van der Waals surface area contributed by atoms with Crippen molar-refractivity contribution in [2.24, 2.45) is 0 Å². The quantitative estimate of drug-likeness (QED) is 0.528. The number of Topliss-reactive ketones (excluding diaryl/α,β-unsaturated/α-hetero) is 1. The van der Waals surface area contributed by atoms with Gasteiger partial charge in [0.2, 0.25) is 5.91 Å². The van der Waals surface area contributed by atoms with Gasteiger partial charge in [0.05, 0.1) is 20.2 Å². The number of thiophene rings is 1. The molecule has 0 saturated carbocycles. The van der Waals surface area contributed by atoms with Gasteiger partial charge in [0.25, 0.3) is 0 Å². The molecular weight excluding hydrogens is 556 g/mol. The largest absolute Gasteiger partial charge is 0.399 e. The molecule has 1 saturated heterocycles. The molecule has 6 nitrogen and oxygen atoms in total. The Morgan fingerprint density at radius 3 is 2.40 bits per heavy atom. The number of rotatable bonds is 5. The average Bonchev–Trinajstić information content (AvgIpc) is 3.16. The number of nitrogens with one attached hydrogen (secondary N) is 1. The number of nitrogens with two attached hydrogens (primary N) is 1. The van der Waals surface area contributed by atoms with E-state index in [1.165, 1.54) is 16.9 Å². The van der Waals surface area contributed by atoms with Crippen molar-refractivity contribution in [3.05, 3.63) is 48.5 Å². The molecule has 1 aliphatic heterocycles. The minimum atomic E-state index is -0.242. The Morgan fingerprint density at radius 1 is 1.10 bits per heavy atom. The third-order valence-corrected chi connectivity index (χ3v) is 8.00. The molecule has 1 aliphatic carbocycles. The predicted octanol–water partition coefficient (Wildman–Crippen LogP) is 3.84. The van der Waals surface area contributed by atoms with Crippen LogP contribution >= 0.6 is 55.6 Å². The predicted molar refractivity (Wildman–Crippen MR) is 129 cm³/mol. The molecule has 0 bridgehead atoms. The van der Waals surface area contributed by atoms with Crippen molar-refractivity contribution in [2.45, 2.75) is 19.0 Å². The zero-order valence-electron chi connectivity index (χ0n) is 16.2. The molecular formula is C20H23Br2ClN4O2S. The zero-order valence-corrected chi connectivity index (χ0v) is 21.0. The Bertz CT molecular complexity index is 930. The van der Waals surface area contributed by atoms with E-state index in [4.69, 9.17) is 5.73 Å². The molecule has 2 heterocycles. The molecule has 30 heavy (non-hydrogen) atoms. The van der Waals surface area contributed by atoms with E-state index in [0.717, 1.165) is 51.5 Å². The minimum absolute atomic E-state index is 0. The number of amides is 1. The lowest BCUT2D eigenvalue weighted by Gasteiger charge is -2.34. The molecule has 1 aromatic heterocycles. The molecule has 1 atom stereocenters. The number of piperazine rings is 1. The van der Waals surface area contributed by atoms with Gasteiger partial charge < -0.3 is 11.1 Å². The van der Waals surface area contributed by atoms with Crippen LogP contribution < -0.4 is 11.1 Å². The number of anilines is 1. The molecule has 2 aromatic rings. The third-order valence-electron chi connectivity index (χ3n) is 5.43. The summed E-state index contributed by atoms with van der Waals surface area (Å²) in [4.78, 5) is 29.4. The van der Waals surface area contributed by atoms with Crippen LogP contribution in [-0.4, -0.2) is 54.2 Å². The van der Waals surface area contributed by atoms with Gasteiger partial charge in [0.15, 0.2) is 5.78 Å². The number of hydrogen-bond donors (Lipinski definition) is 2. The molecule has 1 amide bonds. The van der Waals surface area contributed by atoms with Crippen molar-refractivity contribution in [1.82, 2.24) is 15.1 Å². The molecule has 0 radical (unpaired) electrons. The van der Waals surface area contributed by atoms with Crippen LogP contribution in [0, 0.1) is 0 Å². The van der Waals surface area contributed by atoms with Crippen LogP contribution in [0.15, 0.2) is 31.8 Å². The second-order valence-electron chi connectivity index (χ2n) is 7.48. The first-order valence-corrected chi connectivity index (χ1v) is 11.9. The van der Waals surface area contributed by atoms with Crippen molar-refractivity contribution in [1.29, 1.82) is 0 Å². The SMILES string of the molecule is Cl.Nc1ccc(CN2CCN(CC(=O)NC3CC(=O)c4c(Br)sc(Br)c43)CC2)cc1. The maximum absolute atomic E-state index is 12.6. The number of ketones is 1. The second-order valence-corrected chi connectivity index (χ2v) is 11.1. The maximum Gasteiger partial charge on any atom is 0.234 e. The number of nitrogen functional groups attached to an aromatic ring is 1. The Labute approximate surface area is 202 Å². The number of benzene rings is 1. The summed E-state index contributed by atoms with van der Waals surface area (Å²) in [5.74, 6) is 0.0484. The third kappa shape index (κ3) is 5.26. The van der Waals surface area contributed by atoms with Gasteiger partial charge in [0.1, 0.15) is 0 Å². The normalized spacial score (nSPS) is 19.4. The molecule has 10 heteroatoms. The highest BCUT2D eigenvalue weighted by atomic mass is 79.9. The monoisotopic (exact) mass is 576 g/mol. The second kappa shape index (κ2) is 10.1. The number of nitrogens with zero attached hydrogens (tertiary/aromatic N) is 2. The van der Waals surface area contributed by atoms with E-state index in [-0.39, 0.29) is 30.1 Å². The summed E-state index contributed by atoms with van der Waals surface area (Å²) >= 11 is 8.46. The van der Waals surface area contributed by atoms with Gasteiger partial charge in [-0.1, -0.05) is 12.1 Å². The van der Waals surface area contributed by atoms with E-state index in [2.05, 4.69) is 59.1 Å². The Kier molecular flexibility index (Phi) is 7.97. The summed E-state index contributed by atoms with van der Waals surface area (Å²) in [5, 5.41) is 3.05.